The van der Waals surface area contributed by atoms with E-state index in [1.807, 2.05) is 37.3 Å². The van der Waals surface area contributed by atoms with Crippen LogP contribution in [0, 0.1) is 6.92 Å². The SMILES string of the molecule is Cc1ccc(-c2cc(C(=O)NCC[NH+](C)C)c3cc(Br)ccc3n2)o1. The summed E-state index contributed by atoms with van der Waals surface area (Å²) in [6.45, 7) is 3.37. The van der Waals surface area contributed by atoms with Crippen molar-refractivity contribution in [3.8, 4) is 11.5 Å². The van der Waals surface area contributed by atoms with Crippen LogP contribution in [-0.4, -0.2) is 38.1 Å². The van der Waals surface area contributed by atoms with Crippen molar-refractivity contribution in [2.75, 3.05) is 27.2 Å². The Morgan fingerprint density at radius 2 is 2.04 bits per heavy atom. The Labute approximate surface area is 155 Å². The summed E-state index contributed by atoms with van der Waals surface area (Å²) in [5.74, 6) is 1.37. The molecule has 0 bridgehead atoms. The minimum Gasteiger partial charge on any atom is -0.460 e. The number of fused-ring (bicyclic) bond motifs is 1. The van der Waals surface area contributed by atoms with Gasteiger partial charge in [-0.1, -0.05) is 15.9 Å². The van der Waals surface area contributed by atoms with Crippen molar-refractivity contribution in [1.29, 1.82) is 0 Å². The number of furan rings is 1. The van der Waals surface area contributed by atoms with Crippen molar-refractivity contribution in [3.63, 3.8) is 0 Å². The minimum absolute atomic E-state index is 0.101. The highest BCUT2D eigenvalue weighted by Crippen LogP contribution is 2.28. The number of hydrogen-bond acceptors (Lipinski definition) is 3. The first-order valence-electron chi connectivity index (χ1n) is 8.18. The average molecular weight is 403 g/mol. The first kappa shape index (κ1) is 17.6. The van der Waals surface area contributed by atoms with Crippen LogP contribution in [0.15, 0.2) is 45.3 Å². The van der Waals surface area contributed by atoms with E-state index in [4.69, 9.17) is 4.42 Å². The number of likely N-dealkylation sites (N-methyl/N-ethyl adjacent to an activating group) is 1. The fraction of sp³-hybridized carbons (Fsp3) is 0.263. The minimum atomic E-state index is -0.101. The highest BCUT2D eigenvalue weighted by Gasteiger charge is 2.16. The molecule has 0 radical (unpaired) electrons. The van der Waals surface area contributed by atoms with Gasteiger partial charge in [0.05, 0.1) is 38.3 Å². The largest absolute Gasteiger partial charge is 0.460 e. The third kappa shape index (κ3) is 4.08. The van der Waals surface area contributed by atoms with Gasteiger partial charge in [0.25, 0.3) is 5.91 Å². The first-order valence-corrected chi connectivity index (χ1v) is 8.97. The smallest absolute Gasteiger partial charge is 0.252 e. The molecule has 0 aliphatic heterocycles. The van der Waals surface area contributed by atoms with Crippen molar-refractivity contribution in [2.45, 2.75) is 6.92 Å². The molecule has 2 aromatic heterocycles. The Morgan fingerprint density at radius 1 is 1.24 bits per heavy atom. The molecule has 1 aromatic carbocycles. The van der Waals surface area contributed by atoms with E-state index in [1.165, 1.54) is 4.90 Å². The predicted octanol–water partition coefficient (Wildman–Crippen LogP) is 2.44. The number of rotatable bonds is 5. The molecule has 0 atom stereocenters. The van der Waals surface area contributed by atoms with Gasteiger partial charge in [-0.05, 0) is 43.3 Å². The van der Waals surface area contributed by atoms with Crippen LogP contribution in [0.4, 0.5) is 0 Å². The number of carbonyl (C=O) groups is 1. The lowest BCUT2D eigenvalue weighted by Crippen LogP contribution is -3.06. The van der Waals surface area contributed by atoms with E-state index in [1.54, 1.807) is 6.07 Å². The maximum atomic E-state index is 12.7. The Hall–Kier alpha value is -2.18. The van der Waals surface area contributed by atoms with E-state index in [-0.39, 0.29) is 5.91 Å². The molecule has 2 heterocycles. The summed E-state index contributed by atoms with van der Waals surface area (Å²) in [5.41, 5.74) is 2.02. The van der Waals surface area contributed by atoms with Gasteiger partial charge in [-0.25, -0.2) is 4.98 Å². The Balaban J connectivity index is 2.04. The van der Waals surface area contributed by atoms with Crippen molar-refractivity contribution < 1.29 is 14.1 Å². The molecule has 0 saturated heterocycles. The molecular formula is C19H21BrN3O2+. The lowest BCUT2D eigenvalue weighted by Gasteiger charge is -2.11. The van der Waals surface area contributed by atoms with Crippen LogP contribution >= 0.6 is 15.9 Å². The standard InChI is InChI=1S/C19H20BrN3O2/c1-12-4-7-18(25-12)17-11-15(19(24)21-8-9-23(2)3)14-10-13(20)5-6-16(14)22-17/h4-7,10-11H,8-9H2,1-3H3,(H,21,24)/p+1. The Morgan fingerprint density at radius 3 is 2.72 bits per heavy atom. The van der Waals surface area contributed by atoms with E-state index in [2.05, 4.69) is 40.3 Å². The highest BCUT2D eigenvalue weighted by atomic mass is 79.9. The Kier molecular flexibility index (Phi) is 5.20. The van der Waals surface area contributed by atoms with Crippen molar-refractivity contribution in [1.82, 2.24) is 10.3 Å². The van der Waals surface area contributed by atoms with Gasteiger partial charge in [-0.15, -0.1) is 0 Å². The summed E-state index contributed by atoms with van der Waals surface area (Å²) in [4.78, 5) is 18.7. The van der Waals surface area contributed by atoms with Gasteiger partial charge < -0.3 is 14.6 Å². The summed E-state index contributed by atoms with van der Waals surface area (Å²) >= 11 is 3.47. The highest BCUT2D eigenvalue weighted by molar-refractivity contribution is 9.10. The van der Waals surface area contributed by atoms with E-state index >= 15 is 0 Å². The summed E-state index contributed by atoms with van der Waals surface area (Å²) in [7, 11) is 4.12. The molecule has 1 amide bonds. The van der Waals surface area contributed by atoms with E-state index < -0.39 is 0 Å². The van der Waals surface area contributed by atoms with Crippen LogP contribution < -0.4 is 10.2 Å². The second-order valence-electron chi connectivity index (χ2n) is 6.34. The summed E-state index contributed by atoms with van der Waals surface area (Å²) in [5, 5.41) is 3.81. The van der Waals surface area contributed by atoms with Crippen LogP contribution in [0.3, 0.4) is 0 Å². The third-order valence-electron chi connectivity index (χ3n) is 3.92. The molecule has 0 fully saturated rings. The lowest BCUT2D eigenvalue weighted by molar-refractivity contribution is -0.856. The molecule has 0 aliphatic carbocycles. The summed E-state index contributed by atoms with van der Waals surface area (Å²) in [6, 6.07) is 11.3. The maximum Gasteiger partial charge on any atom is 0.252 e. The molecule has 0 spiro atoms. The molecule has 0 unspecified atom stereocenters. The fourth-order valence-electron chi connectivity index (χ4n) is 2.61. The zero-order chi connectivity index (χ0) is 18.0. The number of quaternary nitrogens is 1. The number of nitrogens with zero attached hydrogens (tertiary/aromatic N) is 1. The van der Waals surface area contributed by atoms with Gasteiger partial charge in [-0.3, -0.25) is 4.79 Å². The number of halogens is 1. The van der Waals surface area contributed by atoms with Crippen molar-refractivity contribution in [2.24, 2.45) is 0 Å². The molecule has 25 heavy (non-hydrogen) atoms. The number of amides is 1. The number of aryl methyl sites for hydroxylation is 1. The monoisotopic (exact) mass is 402 g/mol. The molecule has 3 aromatic rings. The van der Waals surface area contributed by atoms with Crippen molar-refractivity contribution in [3.05, 3.63) is 52.2 Å². The zero-order valence-electron chi connectivity index (χ0n) is 14.5. The molecule has 0 aliphatic rings. The number of hydrogen-bond donors (Lipinski definition) is 2. The van der Waals surface area contributed by atoms with Gasteiger partial charge in [0.2, 0.25) is 0 Å². The molecular weight excluding hydrogens is 382 g/mol. The average Bonchev–Trinajstić information content (AvgIpc) is 3.00. The molecule has 2 N–H and O–H groups in total. The lowest BCUT2D eigenvalue weighted by atomic mass is 10.1. The third-order valence-corrected chi connectivity index (χ3v) is 4.41. The van der Waals surface area contributed by atoms with E-state index in [0.717, 1.165) is 27.7 Å². The normalized spacial score (nSPS) is 11.2. The number of carbonyl (C=O) groups excluding carboxylic acids is 1. The number of benzene rings is 1. The molecule has 130 valence electrons. The number of pyridine rings is 1. The number of nitrogens with one attached hydrogen (secondary N) is 2. The van der Waals surface area contributed by atoms with E-state index in [9.17, 15) is 4.79 Å². The van der Waals surface area contributed by atoms with Crippen molar-refractivity contribution >= 4 is 32.7 Å². The Bertz CT molecular complexity index is 918. The fourth-order valence-corrected chi connectivity index (χ4v) is 2.97. The molecule has 6 heteroatoms. The van der Waals surface area contributed by atoms with Gasteiger partial charge in [-0.2, -0.15) is 0 Å². The number of aromatic nitrogens is 1. The van der Waals surface area contributed by atoms with Crippen LogP contribution in [0.25, 0.3) is 22.4 Å². The van der Waals surface area contributed by atoms with Gasteiger partial charge in [0.15, 0.2) is 5.76 Å². The van der Waals surface area contributed by atoms with Gasteiger partial charge in [0, 0.05) is 9.86 Å². The quantitative estimate of drug-likeness (QED) is 0.688. The first-order chi connectivity index (χ1) is 11.9. The second-order valence-corrected chi connectivity index (χ2v) is 7.26. The van der Waals surface area contributed by atoms with Gasteiger partial charge >= 0.3 is 0 Å². The summed E-state index contributed by atoms with van der Waals surface area (Å²) < 4.78 is 6.59. The van der Waals surface area contributed by atoms with E-state index in [0.29, 0.717) is 23.6 Å². The van der Waals surface area contributed by atoms with Crippen LogP contribution in [0.5, 0.6) is 0 Å². The van der Waals surface area contributed by atoms with Gasteiger partial charge in [0.1, 0.15) is 11.5 Å². The topological polar surface area (TPSA) is 59.6 Å². The van der Waals surface area contributed by atoms with Crippen LogP contribution in [0.2, 0.25) is 0 Å². The molecule has 0 saturated carbocycles. The molecule has 5 nitrogen and oxygen atoms in total. The predicted molar refractivity (Wildman–Crippen MR) is 102 cm³/mol. The zero-order valence-corrected chi connectivity index (χ0v) is 16.1. The van der Waals surface area contributed by atoms with Crippen LogP contribution in [0.1, 0.15) is 16.1 Å². The van der Waals surface area contributed by atoms with Crippen LogP contribution in [-0.2, 0) is 0 Å². The summed E-state index contributed by atoms with van der Waals surface area (Å²) in [6.07, 6.45) is 0. The second kappa shape index (κ2) is 7.37. The maximum absolute atomic E-state index is 12.7. The molecule has 3 rings (SSSR count).